The molecule has 15 nitrogen and oxygen atoms in total. The summed E-state index contributed by atoms with van der Waals surface area (Å²) in [5, 5.41) is 8.23. The Labute approximate surface area is 417 Å². The fourth-order valence-electron chi connectivity index (χ4n) is 7.86. The van der Waals surface area contributed by atoms with Crippen LogP contribution in [0.5, 0.6) is 0 Å². The summed E-state index contributed by atoms with van der Waals surface area (Å²) in [5.74, 6) is -4.02. The van der Waals surface area contributed by atoms with Gasteiger partial charge >= 0.3 is 11.9 Å². The minimum Gasteiger partial charge on any atom is -0.469 e. The number of rotatable bonds is 18. The number of halogens is 2. The Morgan fingerprint density at radius 3 is 1.33 bits per heavy atom. The molecule has 2 aliphatic carbocycles. The highest BCUT2D eigenvalue weighted by atomic mass is 35.5. The van der Waals surface area contributed by atoms with Crippen LogP contribution in [0.2, 0.25) is 0 Å². The van der Waals surface area contributed by atoms with Crippen molar-refractivity contribution in [3.05, 3.63) is 128 Å². The number of hydrogen-bond acceptors (Lipinski definition) is 13. The lowest BCUT2D eigenvalue weighted by molar-refractivity contribution is -0.147. The van der Waals surface area contributed by atoms with E-state index in [9.17, 15) is 47.9 Å². The predicted octanol–water partition coefficient (Wildman–Crippen LogP) is 7.79. The van der Waals surface area contributed by atoms with Crippen LogP contribution in [0.3, 0.4) is 0 Å². The van der Waals surface area contributed by atoms with Gasteiger partial charge in [0.15, 0.2) is 34.7 Å². The molecule has 2 atom stereocenters. The van der Waals surface area contributed by atoms with Gasteiger partial charge < -0.3 is 20.1 Å². The average Bonchev–Trinajstić information content (AvgIpc) is 3.32. The summed E-state index contributed by atoms with van der Waals surface area (Å²) >= 11 is 11.0. The van der Waals surface area contributed by atoms with Crippen LogP contribution in [-0.4, -0.2) is 97.0 Å². The highest BCUT2D eigenvalue weighted by Gasteiger charge is 2.32. The third-order valence-electron chi connectivity index (χ3n) is 11.4. The number of methoxy groups -OCH3 is 2. The van der Waals surface area contributed by atoms with Crippen LogP contribution in [0.25, 0.3) is 0 Å². The Morgan fingerprint density at radius 1 is 0.514 bits per heavy atom. The van der Waals surface area contributed by atoms with Gasteiger partial charge in [0.05, 0.1) is 32.6 Å². The molecule has 0 aromatic heterocycles. The topological polar surface area (TPSA) is 225 Å². The van der Waals surface area contributed by atoms with E-state index in [4.69, 9.17) is 32.7 Å². The zero-order valence-corrected chi connectivity index (χ0v) is 39.9. The number of amides is 2. The molecule has 0 unspecified atom stereocenters. The third-order valence-corrected chi connectivity index (χ3v) is 12.0. The fourth-order valence-corrected chi connectivity index (χ4v) is 8.02. The number of fused-ring (bicyclic) bond motifs is 4. The molecule has 372 valence electrons. The van der Waals surface area contributed by atoms with Crippen LogP contribution in [-0.2, 0) is 51.1 Å². The van der Waals surface area contributed by atoms with Crippen molar-refractivity contribution in [2.24, 2.45) is 17.8 Å². The van der Waals surface area contributed by atoms with Crippen molar-refractivity contribution in [3.8, 4) is 0 Å². The lowest BCUT2D eigenvalue weighted by Gasteiger charge is -2.20. The summed E-state index contributed by atoms with van der Waals surface area (Å²) < 4.78 is 9.61. The number of ketones is 6. The second-order valence-corrected chi connectivity index (χ2v) is 17.5. The van der Waals surface area contributed by atoms with Gasteiger partial charge in [0.1, 0.15) is 11.9 Å². The second-order valence-electron chi connectivity index (χ2n) is 16.9. The first-order valence-electron chi connectivity index (χ1n) is 21.7. The largest absolute Gasteiger partial charge is 0.469 e. The SMILES string of the molecule is C.C.COC(=O)[C@@H](CCC(=O)Nc1ccc2c(c1)C(=O)c1ccc(CC(=O)CN[C@H](C(=O)OC)C(C)C)cc1C2=O)C(C)C.O=C(CCl)Cc1ccc2c(c1)C(=O)c1ccc(NC(=O)CCl)cc1C2=O. The first-order valence-corrected chi connectivity index (χ1v) is 22.8. The number of anilines is 2. The molecule has 4 aromatic rings. The van der Waals surface area contributed by atoms with Crippen LogP contribution in [0.1, 0.15) is 130 Å². The second kappa shape index (κ2) is 25.8. The van der Waals surface area contributed by atoms with E-state index < -0.39 is 23.8 Å². The molecule has 6 rings (SSSR count). The summed E-state index contributed by atoms with van der Waals surface area (Å²) in [6, 6.07) is 17.9. The predicted molar refractivity (Wildman–Crippen MR) is 267 cm³/mol. The number of nitrogens with one attached hydrogen (secondary N) is 3. The Morgan fingerprint density at radius 2 is 0.929 bits per heavy atom. The van der Waals surface area contributed by atoms with Crippen molar-refractivity contribution < 1.29 is 57.4 Å². The van der Waals surface area contributed by atoms with Gasteiger partial charge in [0, 0.05) is 75.1 Å². The van der Waals surface area contributed by atoms with Crippen LogP contribution in [0.4, 0.5) is 11.4 Å². The Balaban J connectivity index is 0.000000397. The third kappa shape index (κ3) is 13.8. The van der Waals surface area contributed by atoms with Crippen molar-refractivity contribution in [2.75, 3.05) is 43.2 Å². The van der Waals surface area contributed by atoms with Crippen molar-refractivity contribution >= 4 is 93.0 Å². The maximum absolute atomic E-state index is 13.3. The molecule has 0 bridgehead atoms. The number of carbonyl (C=O) groups is 10. The van der Waals surface area contributed by atoms with Gasteiger partial charge in [0.25, 0.3) is 0 Å². The molecule has 2 aliphatic rings. The maximum atomic E-state index is 13.3. The zero-order valence-electron chi connectivity index (χ0n) is 38.3. The van der Waals surface area contributed by atoms with Gasteiger partial charge in [-0.25, -0.2) is 0 Å². The smallest absolute Gasteiger partial charge is 0.323 e. The number of esters is 2. The van der Waals surface area contributed by atoms with Crippen molar-refractivity contribution in [1.29, 1.82) is 0 Å². The molecule has 0 fully saturated rings. The van der Waals surface area contributed by atoms with E-state index in [0.717, 1.165) is 0 Å². The highest BCUT2D eigenvalue weighted by Crippen LogP contribution is 2.32. The minimum atomic E-state index is -0.621. The molecule has 17 heteroatoms. The molecular weight excluding hydrogens is 941 g/mol. The lowest BCUT2D eigenvalue weighted by atomic mass is 9.82. The van der Waals surface area contributed by atoms with Gasteiger partial charge in [-0.1, -0.05) is 66.8 Å². The van der Waals surface area contributed by atoms with E-state index in [1.54, 1.807) is 42.5 Å². The van der Waals surface area contributed by atoms with E-state index in [0.29, 0.717) is 28.9 Å². The molecule has 0 saturated carbocycles. The van der Waals surface area contributed by atoms with Crippen molar-refractivity contribution in [2.45, 2.75) is 74.3 Å². The van der Waals surface area contributed by atoms with Crippen LogP contribution in [0.15, 0.2) is 72.8 Å². The Bertz CT molecular complexity index is 2530. The summed E-state index contributed by atoms with van der Waals surface area (Å²) in [6.07, 6.45) is 0.521. The zero-order chi connectivity index (χ0) is 50.0. The first-order chi connectivity index (χ1) is 32.3. The average molecular weight is 1000 g/mol. The van der Waals surface area contributed by atoms with Gasteiger partial charge in [-0.15, -0.1) is 23.2 Å². The van der Waals surface area contributed by atoms with Gasteiger partial charge in [-0.3, -0.25) is 53.3 Å². The van der Waals surface area contributed by atoms with E-state index in [2.05, 4.69) is 16.0 Å². The maximum Gasteiger partial charge on any atom is 0.323 e. The quantitative estimate of drug-likeness (QED) is 0.0553. The van der Waals surface area contributed by atoms with Crippen molar-refractivity contribution in [3.63, 3.8) is 0 Å². The molecule has 0 saturated heterocycles. The summed E-state index contributed by atoms with van der Waals surface area (Å²) in [4.78, 5) is 124. The van der Waals surface area contributed by atoms with Crippen molar-refractivity contribution in [1.82, 2.24) is 5.32 Å². The van der Waals surface area contributed by atoms with E-state index in [1.807, 2.05) is 27.7 Å². The minimum absolute atomic E-state index is 0. The Hall–Kier alpha value is -6.68. The standard InChI is InChI=1S/C32H38N2O8.C19H13Cl2NO4.2CH4/c1-17(2)22(31(39)41-5)11-12-27(36)34-20-8-10-24-26(15-20)30(38)23-9-7-19(14-25(23)29(24)37)13-21(35)16-33-28(18(3)4)32(40)42-6;20-8-12(23)5-10-1-3-13-15(6-10)18(25)14-4-2-11(22-17(24)9-21)7-16(14)19(13)26;;/h7-10,14-15,17-18,22,28,33H,11-13,16H2,1-6H3,(H,34,36);1-4,6-7H,5,8-9H2,(H,22,24);2*1H4/t22-,28-;;;/m0.../s1. The Kier molecular flexibility index (Phi) is 21.2. The molecule has 2 amide bonds. The molecule has 0 spiro atoms. The highest BCUT2D eigenvalue weighted by molar-refractivity contribution is 6.31. The van der Waals surface area contributed by atoms with Gasteiger partial charge in [0.2, 0.25) is 11.8 Å². The molecule has 0 radical (unpaired) electrons. The number of benzene rings is 4. The first kappa shape index (κ1) is 57.6. The van der Waals surface area contributed by atoms with Crippen LogP contribution >= 0.6 is 23.2 Å². The number of carbonyl (C=O) groups excluding carboxylic acids is 10. The molecule has 0 heterocycles. The molecule has 0 aliphatic heterocycles. The van der Waals surface area contributed by atoms with E-state index >= 15 is 0 Å². The number of hydrogen-bond donors (Lipinski definition) is 3. The summed E-state index contributed by atoms with van der Waals surface area (Å²) in [6.45, 7) is 7.40. The van der Waals surface area contributed by atoms with Gasteiger partial charge in [-0.05, 0) is 77.9 Å². The van der Waals surface area contributed by atoms with Gasteiger partial charge in [-0.2, -0.15) is 0 Å². The van der Waals surface area contributed by atoms with Crippen LogP contribution in [0, 0.1) is 17.8 Å². The molecule has 70 heavy (non-hydrogen) atoms. The summed E-state index contributed by atoms with van der Waals surface area (Å²) in [7, 11) is 2.61. The summed E-state index contributed by atoms with van der Waals surface area (Å²) in [5.41, 5.74) is 3.77. The van der Waals surface area contributed by atoms with E-state index in [1.165, 1.54) is 44.6 Å². The lowest BCUT2D eigenvalue weighted by Crippen LogP contribution is -2.44. The molecule has 3 N–H and O–H groups in total. The van der Waals surface area contributed by atoms with Crippen LogP contribution < -0.4 is 16.0 Å². The number of alkyl halides is 2. The number of ether oxygens (including phenoxy) is 2. The fraction of sp³-hybridized carbons (Fsp3) is 0.358. The monoisotopic (exact) mass is 999 g/mol. The number of Topliss-reactive ketones (excluding diaryl/α,β-unsaturated/α-hetero) is 2. The normalized spacial score (nSPS) is 12.8. The molecular formula is C53H59Cl2N3O12. The molecule has 4 aromatic carbocycles. The van der Waals surface area contributed by atoms with E-state index in [-0.39, 0.29) is 155 Å².